The van der Waals surface area contributed by atoms with E-state index in [1.807, 2.05) is 18.2 Å². The van der Waals surface area contributed by atoms with Gasteiger partial charge in [-0.25, -0.2) is 0 Å². The lowest BCUT2D eigenvalue weighted by Crippen LogP contribution is -2.54. The monoisotopic (exact) mass is 258 g/mol. The van der Waals surface area contributed by atoms with E-state index in [1.54, 1.807) is 0 Å². The van der Waals surface area contributed by atoms with Crippen molar-refractivity contribution in [2.45, 2.75) is 25.9 Å². The van der Waals surface area contributed by atoms with E-state index < -0.39 is 0 Å². The smallest absolute Gasteiger partial charge is 0.0748 e. The summed E-state index contributed by atoms with van der Waals surface area (Å²) < 4.78 is 0. The van der Waals surface area contributed by atoms with Crippen LogP contribution in [0.2, 0.25) is 10.0 Å². The van der Waals surface area contributed by atoms with E-state index in [4.69, 9.17) is 23.2 Å². The summed E-state index contributed by atoms with van der Waals surface area (Å²) >= 11 is 12.5. The van der Waals surface area contributed by atoms with Crippen molar-refractivity contribution in [3.8, 4) is 0 Å². The third-order valence-electron chi connectivity index (χ3n) is 2.99. The van der Waals surface area contributed by atoms with Crippen LogP contribution in [0.5, 0.6) is 0 Å². The normalized spacial score (nSPS) is 25.9. The Morgan fingerprint density at radius 2 is 1.88 bits per heavy atom. The summed E-state index contributed by atoms with van der Waals surface area (Å²) in [4.78, 5) is 2.28. The maximum atomic E-state index is 6.23. The molecule has 0 spiro atoms. The molecule has 2 nitrogen and oxygen atoms in total. The van der Waals surface area contributed by atoms with E-state index in [0.29, 0.717) is 12.1 Å². The second kappa shape index (κ2) is 4.82. The molecule has 1 saturated heterocycles. The van der Waals surface area contributed by atoms with Gasteiger partial charge in [0.1, 0.15) is 0 Å². The molecule has 1 heterocycles. The van der Waals surface area contributed by atoms with Crippen LogP contribution in [0.1, 0.15) is 13.8 Å². The molecule has 0 amide bonds. The number of nitrogens with one attached hydrogen (secondary N) is 1. The fourth-order valence-electron chi connectivity index (χ4n) is 2.10. The molecule has 2 rings (SSSR count). The second-order valence-corrected chi connectivity index (χ2v) is 5.20. The van der Waals surface area contributed by atoms with Gasteiger partial charge in [0, 0.05) is 25.2 Å². The summed E-state index contributed by atoms with van der Waals surface area (Å²) in [5.74, 6) is 0. The number of hydrogen-bond donors (Lipinski definition) is 1. The van der Waals surface area contributed by atoms with E-state index in [-0.39, 0.29) is 0 Å². The summed E-state index contributed by atoms with van der Waals surface area (Å²) in [5, 5.41) is 4.90. The van der Waals surface area contributed by atoms with Crippen molar-refractivity contribution in [3.05, 3.63) is 28.2 Å². The first-order valence-electron chi connectivity index (χ1n) is 5.53. The zero-order valence-corrected chi connectivity index (χ0v) is 11.0. The maximum Gasteiger partial charge on any atom is 0.0748 e. The zero-order valence-electron chi connectivity index (χ0n) is 9.50. The van der Waals surface area contributed by atoms with E-state index >= 15 is 0 Å². The minimum atomic E-state index is 0.411. The van der Waals surface area contributed by atoms with Gasteiger partial charge in [-0.1, -0.05) is 29.3 Å². The van der Waals surface area contributed by atoms with E-state index in [1.165, 1.54) is 0 Å². The molecule has 1 fully saturated rings. The van der Waals surface area contributed by atoms with Crippen LogP contribution in [0.3, 0.4) is 0 Å². The molecule has 2 atom stereocenters. The lowest BCUT2D eigenvalue weighted by molar-refractivity contribution is 0.425. The standard InChI is InChI=1S/C12H16Cl2N2/c1-8-7-16(9(2)6-15-8)12-10(13)4-3-5-11(12)14/h3-5,8-9,15H,6-7H2,1-2H3. The van der Waals surface area contributed by atoms with Gasteiger partial charge < -0.3 is 10.2 Å². The fourth-order valence-corrected chi connectivity index (χ4v) is 2.71. The van der Waals surface area contributed by atoms with Crippen LogP contribution in [0.15, 0.2) is 18.2 Å². The molecule has 0 radical (unpaired) electrons. The van der Waals surface area contributed by atoms with Crippen LogP contribution in [0, 0.1) is 0 Å². The van der Waals surface area contributed by atoms with Gasteiger partial charge in [0.05, 0.1) is 15.7 Å². The first kappa shape index (κ1) is 12.0. The predicted molar refractivity (Wildman–Crippen MR) is 70.7 cm³/mol. The van der Waals surface area contributed by atoms with Crippen LogP contribution in [0.4, 0.5) is 5.69 Å². The van der Waals surface area contributed by atoms with Gasteiger partial charge in [-0.15, -0.1) is 0 Å². The molecule has 88 valence electrons. The molecule has 4 heteroatoms. The molecule has 1 N–H and O–H groups in total. The van der Waals surface area contributed by atoms with E-state index in [0.717, 1.165) is 28.8 Å². The van der Waals surface area contributed by atoms with Crippen LogP contribution in [-0.4, -0.2) is 25.2 Å². The van der Waals surface area contributed by atoms with Gasteiger partial charge in [0.2, 0.25) is 0 Å². The molecule has 1 aromatic rings. The zero-order chi connectivity index (χ0) is 11.7. The summed E-state index contributed by atoms with van der Waals surface area (Å²) in [7, 11) is 0. The van der Waals surface area contributed by atoms with Crippen molar-refractivity contribution in [2.75, 3.05) is 18.0 Å². The van der Waals surface area contributed by atoms with Gasteiger partial charge in [0.25, 0.3) is 0 Å². The van der Waals surface area contributed by atoms with Crippen LogP contribution in [-0.2, 0) is 0 Å². The summed E-state index contributed by atoms with van der Waals surface area (Å²) in [6, 6.07) is 6.53. The first-order chi connectivity index (χ1) is 7.59. The molecule has 0 bridgehead atoms. The SMILES string of the molecule is CC1CN(c2c(Cl)cccc2Cl)C(C)CN1. The fraction of sp³-hybridized carbons (Fsp3) is 0.500. The first-order valence-corrected chi connectivity index (χ1v) is 6.29. The van der Waals surface area contributed by atoms with Crippen LogP contribution >= 0.6 is 23.2 Å². The van der Waals surface area contributed by atoms with Gasteiger partial charge in [-0.3, -0.25) is 0 Å². The van der Waals surface area contributed by atoms with E-state index in [9.17, 15) is 0 Å². The molecule has 1 aliphatic rings. The maximum absolute atomic E-state index is 6.23. The Morgan fingerprint density at radius 3 is 2.50 bits per heavy atom. The number of anilines is 1. The Labute approximate surface area is 107 Å². The number of piperazine rings is 1. The van der Waals surface area contributed by atoms with Crippen LogP contribution < -0.4 is 10.2 Å². The molecule has 1 aliphatic heterocycles. The average molecular weight is 259 g/mol. The topological polar surface area (TPSA) is 15.3 Å². The molecular weight excluding hydrogens is 243 g/mol. The highest BCUT2D eigenvalue weighted by Crippen LogP contribution is 2.35. The average Bonchev–Trinajstić information content (AvgIpc) is 2.23. The largest absolute Gasteiger partial charge is 0.364 e. The quantitative estimate of drug-likeness (QED) is 0.833. The molecule has 1 aromatic carbocycles. The number of rotatable bonds is 1. The Balaban J connectivity index is 2.35. The summed E-state index contributed by atoms with van der Waals surface area (Å²) in [6.07, 6.45) is 0. The highest BCUT2D eigenvalue weighted by atomic mass is 35.5. The predicted octanol–water partition coefficient (Wildman–Crippen LogP) is 3.18. The third kappa shape index (κ3) is 2.29. The number of benzene rings is 1. The van der Waals surface area contributed by atoms with Gasteiger partial charge >= 0.3 is 0 Å². The third-order valence-corrected chi connectivity index (χ3v) is 3.60. The Kier molecular flexibility index (Phi) is 3.63. The molecule has 0 aliphatic carbocycles. The molecule has 2 unspecified atom stereocenters. The van der Waals surface area contributed by atoms with Crippen molar-refractivity contribution in [3.63, 3.8) is 0 Å². The summed E-state index contributed by atoms with van der Waals surface area (Å²) in [6.45, 7) is 6.25. The van der Waals surface area contributed by atoms with Crippen molar-refractivity contribution in [2.24, 2.45) is 0 Å². The van der Waals surface area contributed by atoms with Crippen molar-refractivity contribution < 1.29 is 0 Å². The van der Waals surface area contributed by atoms with E-state index in [2.05, 4.69) is 24.1 Å². The highest BCUT2D eigenvalue weighted by Gasteiger charge is 2.25. The van der Waals surface area contributed by atoms with Crippen molar-refractivity contribution in [1.29, 1.82) is 0 Å². The Hall–Kier alpha value is -0.440. The number of para-hydroxylation sites is 1. The summed E-state index contributed by atoms with van der Waals surface area (Å²) in [5.41, 5.74) is 0.965. The van der Waals surface area contributed by atoms with Crippen molar-refractivity contribution >= 4 is 28.9 Å². The number of nitrogens with zero attached hydrogens (tertiary/aromatic N) is 1. The number of hydrogen-bond acceptors (Lipinski definition) is 2. The molecular formula is C12H16Cl2N2. The lowest BCUT2D eigenvalue weighted by atomic mass is 10.1. The van der Waals surface area contributed by atoms with Gasteiger partial charge in [0.15, 0.2) is 0 Å². The minimum absolute atomic E-state index is 0.411. The van der Waals surface area contributed by atoms with Crippen LogP contribution in [0.25, 0.3) is 0 Å². The second-order valence-electron chi connectivity index (χ2n) is 4.38. The Morgan fingerprint density at radius 1 is 1.25 bits per heavy atom. The highest BCUT2D eigenvalue weighted by molar-refractivity contribution is 6.39. The molecule has 0 saturated carbocycles. The van der Waals surface area contributed by atoms with Gasteiger partial charge in [-0.2, -0.15) is 0 Å². The van der Waals surface area contributed by atoms with Crippen molar-refractivity contribution in [1.82, 2.24) is 5.32 Å². The lowest BCUT2D eigenvalue weighted by Gasteiger charge is -2.40. The number of halogens is 2. The molecule has 0 aromatic heterocycles. The minimum Gasteiger partial charge on any atom is -0.364 e. The van der Waals surface area contributed by atoms with Gasteiger partial charge in [-0.05, 0) is 26.0 Å². The molecule has 16 heavy (non-hydrogen) atoms. The Bertz CT molecular complexity index is 361.